The first-order chi connectivity index (χ1) is 9.08. The van der Waals surface area contributed by atoms with Crippen LogP contribution in [0.25, 0.3) is 0 Å². The Kier molecular flexibility index (Phi) is 6.38. The van der Waals surface area contributed by atoms with Crippen LogP contribution in [0.1, 0.15) is 13.3 Å². The number of halogens is 1. The minimum absolute atomic E-state index is 0.153. The smallest absolute Gasteiger partial charge is 0.167 e. The van der Waals surface area contributed by atoms with E-state index in [1.165, 1.54) is 19.2 Å². The van der Waals surface area contributed by atoms with Gasteiger partial charge in [0.2, 0.25) is 0 Å². The van der Waals surface area contributed by atoms with Gasteiger partial charge in [-0.2, -0.15) is 0 Å². The Balaban J connectivity index is 2.71. The molecular weight excluding hydrogens is 251 g/mol. The third kappa shape index (κ3) is 4.92. The molecule has 1 atom stereocenters. The molecule has 0 amide bonds. The van der Waals surface area contributed by atoms with E-state index in [2.05, 4.69) is 5.32 Å². The monoisotopic (exact) mass is 272 g/mol. The number of ether oxygens (including phenoxy) is 2. The average Bonchev–Trinajstić information content (AvgIpc) is 2.37. The van der Waals surface area contributed by atoms with Crippen molar-refractivity contribution < 1.29 is 19.0 Å². The summed E-state index contributed by atoms with van der Waals surface area (Å²) in [5.41, 5.74) is 6.51. The molecule has 6 heteroatoms. The molecule has 0 bridgehead atoms. The van der Waals surface area contributed by atoms with Crippen LogP contribution in [-0.4, -0.2) is 38.1 Å². The SMILES string of the molecule is CCCOc1cc(NCC(O)COC)c(N)cc1F. The first kappa shape index (κ1) is 15.5. The molecule has 19 heavy (non-hydrogen) atoms. The Morgan fingerprint density at radius 2 is 2.21 bits per heavy atom. The lowest BCUT2D eigenvalue weighted by molar-refractivity contribution is 0.0727. The van der Waals surface area contributed by atoms with Crippen LogP contribution in [0.4, 0.5) is 15.8 Å². The van der Waals surface area contributed by atoms with E-state index < -0.39 is 11.9 Å². The minimum Gasteiger partial charge on any atom is -0.490 e. The maximum atomic E-state index is 13.6. The summed E-state index contributed by atoms with van der Waals surface area (Å²) in [4.78, 5) is 0. The van der Waals surface area contributed by atoms with Crippen molar-refractivity contribution in [2.75, 3.05) is 37.9 Å². The molecule has 0 saturated heterocycles. The molecule has 0 spiro atoms. The molecule has 0 aliphatic rings. The van der Waals surface area contributed by atoms with Gasteiger partial charge in [0.25, 0.3) is 0 Å². The molecular formula is C13H21FN2O3. The molecule has 1 unspecified atom stereocenters. The Morgan fingerprint density at radius 1 is 1.47 bits per heavy atom. The van der Waals surface area contributed by atoms with E-state index in [9.17, 15) is 9.50 Å². The zero-order chi connectivity index (χ0) is 14.3. The molecule has 0 aliphatic carbocycles. The lowest BCUT2D eigenvalue weighted by Crippen LogP contribution is -2.24. The van der Waals surface area contributed by atoms with Crippen LogP contribution in [-0.2, 0) is 4.74 Å². The maximum absolute atomic E-state index is 13.6. The summed E-state index contributed by atoms with van der Waals surface area (Å²) in [7, 11) is 1.51. The normalized spacial score (nSPS) is 12.2. The highest BCUT2D eigenvalue weighted by atomic mass is 19.1. The fraction of sp³-hybridized carbons (Fsp3) is 0.538. The zero-order valence-electron chi connectivity index (χ0n) is 11.3. The second-order valence-electron chi connectivity index (χ2n) is 4.21. The maximum Gasteiger partial charge on any atom is 0.167 e. The molecule has 0 heterocycles. The van der Waals surface area contributed by atoms with Crippen LogP contribution in [0.5, 0.6) is 5.75 Å². The minimum atomic E-state index is -0.658. The Hall–Kier alpha value is -1.53. The van der Waals surface area contributed by atoms with Crippen molar-refractivity contribution in [2.24, 2.45) is 0 Å². The zero-order valence-corrected chi connectivity index (χ0v) is 11.3. The van der Waals surface area contributed by atoms with Crippen LogP contribution < -0.4 is 15.8 Å². The van der Waals surface area contributed by atoms with Gasteiger partial charge in [0, 0.05) is 25.8 Å². The lowest BCUT2D eigenvalue weighted by Gasteiger charge is -2.15. The van der Waals surface area contributed by atoms with Gasteiger partial charge in [-0.1, -0.05) is 6.92 Å². The average molecular weight is 272 g/mol. The van der Waals surface area contributed by atoms with Gasteiger partial charge >= 0.3 is 0 Å². The van der Waals surface area contributed by atoms with Crippen LogP contribution in [0.3, 0.4) is 0 Å². The second-order valence-corrected chi connectivity index (χ2v) is 4.21. The third-order valence-corrected chi connectivity index (χ3v) is 2.45. The fourth-order valence-electron chi connectivity index (χ4n) is 1.52. The standard InChI is InChI=1S/C13H21FN2O3/c1-3-4-19-13-6-12(11(15)5-10(13)14)16-7-9(17)8-18-2/h5-6,9,16-17H,3-4,7-8,15H2,1-2H3. The number of methoxy groups -OCH3 is 1. The van der Waals surface area contributed by atoms with E-state index in [0.717, 1.165) is 6.42 Å². The largest absolute Gasteiger partial charge is 0.490 e. The van der Waals surface area contributed by atoms with Gasteiger partial charge < -0.3 is 25.6 Å². The topological polar surface area (TPSA) is 76.7 Å². The van der Waals surface area contributed by atoms with Gasteiger partial charge in [0.15, 0.2) is 11.6 Å². The molecule has 1 rings (SSSR count). The lowest BCUT2D eigenvalue weighted by atomic mass is 10.2. The summed E-state index contributed by atoms with van der Waals surface area (Å²) in [5, 5.41) is 12.5. The van der Waals surface area contributed by atoms with Crippen LogP contribution in [0.2, 0.25) is 0 Å². The number of hydrogen-bond acceptors (Lipinski definition) is 5. The van der Waals surface area contributed by atoms with E-state index >= 15 is 0 Å². The van der Waals surface area contributed by atoms with E-state index in [1.807, 2.05) is 6.92 Å². The predicted molar refractivity (Wildman–Crippen MR) is 73.0 cm³/mol. The van der Waals surface area contributed by atoms with Gasteiger partial charge in [0.1, 0.15) is 0 Å². The van der Waals surface area contributed by atoms with Gasteiger partial charge in [-0.25, -0.2) is 4.39 Å². The quantitative estimate of drug-likeness (QED) is 0.627. The summed E-state index contributed by atoms with van der Waals surface area (Å²) >= 11 is 0. The van der Waals surface area contributed by atoms with E-state index in [1.54, 1.807) is 0 Å². The number of aliphatic hydroxyl groups is 1. The van der Waals surface area contributed by atoms with E-state index in [4.69, 9.17) is 15.2 Å². The Bertz CT molecular complexity index is 402. The number of nitrogens with one attached hydrogen (secondary N) is 1. The highest BCUT2D eigenvalue weighted by Gasteiger charge is 2.10. The summed E-state index contributed by atoms with van der Waals surface area (Å²) in [6.45, 7) is 2.85. The summed E-state index contributed by atoms with van der Waals surface area (Å²) < 4.78 is 23.7. The molecule has 0 fully saturated rings. The van der Waals surface area contributed by atoms with Crippen molar-refractivity contribution >= 4 is 11.4 Å². The van der Waals surface area contributed by atoms with Gasteiger partial charge in [-0.3, -0.25) is 0 Å². The number of benzene rings is 1. The van der Waals surface area contributed by atoms with Crippen LogP contribution in [0, 0.1) is 5.82 Å². The number of rotatable bonds is 8. The van der Waals surface area contributed by atoms with Crippen molar-refractivity contribution in [1.82, 2.24) is 0 Å². The molecule has 0 aromatic heterocycles. The van der Waals surface area contributed by atoms with Crippen molar-refractivity contribution in [3.63, 3.8) is 0 Å². The summed E-state index contributed by atoms with van der Waals surface area (Å²) in [5.74, 6) is -0.339. The molecule has 0 radical (unpaired) electrons. The molecule has 4 N–H and O–H groups in total. The van der Waals surface area contributed by atoms with Crippen molar-refractivity contribution in [1.29, 1.82) is 0 Å². The van der Waals surface area contributed by atoms with E-state index in [-0.39, 0.29) is 24.6 Å². The number of hydrogen-bond donors (Lipinski definition) is 3. The van der Waals surface area contributed by atoms with Crippen molar-refractivity contribution in [3.8, 4) is 5.75 Å². The van der Waals surface area contributed by atoms with Gasteiger partial charge in [-0.05, 0) is 6.42 Å². The highest BCUT2D eigenvalue weighted by Crippen LogP contribution is 2.28. The third-order valence-electron chi connectivity index (χ3n) is 2.45. The number of nitrogen functional groups attached to an aromatic ring is 1. The molecule has 0 aliphatic heterocycles. The fourth-order valence-corrected chi connectivity index (χ4v) is 1.52. The highest BCUT2D eigenvalue weighted by molar-refractivity contribution is 5.68. The van der Waals surface area contributed by atoms with Gasteiger partial charge in [-0.15, -0.1) is 0 Å². The number of nitrogens with two attached hydrogens (primary N) is 1. The van der Waals surface area contributed by atoms with E-state index in [0.29, 0.717) is 12.3 Å². The summed E-state index contributed by atoms with van der Waals surface area (Å²) in [6.07, 6.45) is 0.133. The first-order valence-corrected chi connectivity index (χ1v) is 6.21. The van der Waals surface area contributed by atoms with Gasteiger partial charge in [0.05, 0.1) is 30.7 Å². The first-order valence-electron chi connectivity index (χ1n) is 6.21. The number of aliphatic hydroxyl groups excluding tert-OH is 1. The molecule has 108 valence electrons. The van der Waals surface area contributed by atoms with Crippen LogP contribution >= 0.6 is 0 Å². The Morgan fingerprint density at radius 3 is 2.84 bits per heavy atom. The van der Waals surface area contributed by atoms with Crippen molar-refractivity contribution in [2.45, 2.75) is 19.4 Å². The second kappa shape index (κ2) is 7.81. The summed E-state index contributed by atoms with van der Waals surface area (Å²) in [6, 6.07) is 2.70. The van der Waals surface area contributed by atoms with Crippen LogP contribution in [0.15, 0.2) is 12.1 Å². The molecule has 0 saturated carbocycles. The molecule has 1 aromatic rings. The molecule has 5 nitrogen and oxygen atoms in total. The van der Waals surface area contributed by atoms with Crippen molar-refractivity contribution in [3.05, 3.63) is 17.9 Å². The Labute approximate surface area is 112 Å². The number of anilines is 2. The molecule has 1 aromatic carbocycles. The predicted octanol–water partition coefficient (Wildman–Crippen LogP) is 1.62.